The normalized spacial score (nSPS) is 20.7. The molecule has 0 radical (unpaired) electrons. The Labute approximate surface area is 150 Å². The number of hydrogen-bond acceptors (Lipinski definition) is 5. The largest absolute Gasteiger partial charge is 0.382 e. The van der Waals surface area contributed by atoms with Crippen LogP contribution in [0.25, 0.3) is 0 Å². The number of nitrogens with zero attached hydrogens (tertiary/aromatic N) is 4. The lowest BCUT2D eigenvalue weighted by molar-refractivity contribution is 0.128. The lowest BCUT2D eigenvalue weighted by Gasteiger charge is -2.36. The van der Waals surface area contributed by atoms with Gasteiger partial charge in [0.1, 0.15) is 6.26 Å². The van der Waals surface area contributed by atoms with Crippen LogP contribution in [0.15, 0.2) is 21.8 Å². The summed E-state index contributed by atoms with van der Waals surface area (Å²) in [6.45, 7) is 9.62. The predicted molar refractivity (Wildman–Crippen MR) is 97.5 cm³/mol. The maximum Gasteiger partial charge on any atom is 0.193 e. The molecule has 1 saturated carbocycles. The van der Waals surface area contributed by atoms with Crippen LogP contribution in [-0.4, -0.2) is 73.9 Å². The molecule has 1 aromatic rings. The Kier molecular flexibility index (Phi) is 6.31. The van der Waals surface area contributed by atoms with E-state index in [1.54, 1.807) is 6.26 Å². The molecule has 1 saturated heterocycles. The van der Waals surface area contributed by atoms with Crippen molar-refractivity contribution in [1.29, 1.82) is 0 Å². The van der Waals surface area contributed by atoms with Gasteiger partial charge in [-0.25, -0.2) is 0 Å². The molecular formula is C18H31N5O2. The van der Waals surface area contributed by atoms with Crippen LogP contribution in [0.3, 0.4) is 0 Å². The number of guanidine groups is 1. The van der Waals surface area contributed by atoms with Gasteiger partial charge in [-0.1, -0.05) is 5.16 Å². The smallest absolute Gasteiger partial charge is 0.193 e. The van der Waals surface area contributed by atoms with Crippen molar-refractivity contribution in [2.24, 2.45) is 10.4 Å². The Morgan fingerprint density at radius 3 is 2.76 bits per heavy atom. The fourth-order valence-corrected chi connectivity index (χ4v) is 3.39. The Hall–Kier alpha value is -1.60. The molecule has 1 N–H and O–H groups in total. The summed E-state index contributed by atoms with van der Waals surface area (Å²) in [5.41, 5.74) is 1.43. The van der Waals surface area contributed by atoms with Crippen LogP contribution in [0.1, 0.15) is 31.9 Å². The van der Waals surface area contributed by atoms with E-state index in [-0.39, 0.29) is 0 Å². The number of ether oxygens (including phenoxy) is 1. The van der Waals surface area contributed by atoms with E-state index in [1.165, 1.54) is 12.8 Å². The van der Waals surface area contributed by atoms with Crippen molar-refractivity contribution in [2.75, 3.05) is 53.0 Å². The van der Waals surface area contributed by atoms with E-state index < -0.39 is 0 Å². The molecule has 0 atom stereocenters. The molecule has 0 unspecified atom stereocenters. The maximum atomic E-state index is 5.53. The number of piperazine rings is 1. The van der Waals surface area contributed by atoms with Crippen molar-refractivity contribution in [2.45, 2.75) is 32.7 Å². The number of hydrogen-bond donors (Lipinski definition) is 1. The second kappa shape index (κ2) is 8.67. The van der Waals surface area contributed by atoms with Gasteiger partial charge in [-0.2, -0.15) is 0 Å². The van der Waals surface area contributed by atoms with Gasteiger partial charge in [-0.3, -0.25) is 9.89 Å². The van der Waals surface area contributed by atoms with Crippen LogP contribution in [0.5, 0.6) is 0 Å². The van der Waals surface area contributed by atoms with Gasteiger partial charge >= 0.3 is 0 Å². The molecule has 0 bridgehead atoms. The summed E-state index contributed by atoms with van der Waals surface area (Å²) in [4.78, 5) is 9.26. The van der Waals surface area contributed by atoms with Gasteiger partial charge < -0.3 is 19.5 Å². The Morgan fingerprint density at radius 1 is 1.36 bits per heavy atom. The summed E-state index contributed by atoms with van der Waals surface area (Å²) in [6.07, 6.45) is 5.39. The first-order chi connectivity index (χ1) is 12.2. The van der Waals surface area contributed by atoms with E-state index in [0.717, 1.165) is 70.6 Å². The number of aromatic nitrogens is 1. The zero-order valence-corrected chi connectivity index (χ0v) is 15.5. The molecule has 2 aliphatic rings. The second-order valence-corrected chi connectivity index (χ2v) is 7.10. The minimum absolute atomic E-state index is 0.430. The summed E-state index contributed by atoms with van der Waals surface area (Å²) in [5.74, 6) is 1.03. The molecule has 140 valence electrons. The average molecular weight is 349 g/mol. The highest BCUT2D eigenvalue weighted by Crippen LogP contribution is 2.48. The molecular weight excluding hydrogens is 318 g/mol. The lowest BCUT2D eigenvalue weighted by Crippen LogP contribution is -2.52. The number of nitrogens with one attached hydrogen (secondary N) is 1. The van der Waals surface area contributed by atoms with Gasteiger partial charge in [-0.15, -0.1) is 0 Å². The third-order valence-corrected chi connectivity index (χ3v) is 5.32. The Bertz CT molecular complexity index is 534. The average Bonchev–Trinajstić information content (AvgIpc) is 3.21. The highest BCUT2D eigenvalue weighted by molar-refractivity contribution is 5.80. The highest BCUT2D eigenvalue weighted by Gasteiger charge is 2.42. The molecule has 1 aliphatic carbocycles. The summed E-state index contributed by atoms with van der Waals surface area (Å²) >= 11 is 0. The first kappa shape index (κ1) is 18.2. The SMILES string of the molecule is CCOCCC1(CNC(=NC)N2CCN(Cc3ccon3)CC2)CC1. The molecule has 7 nitrogen and oxygen atoms in total. The molecule has 1 aliphatic heterocycles. The molecule has 2 fully saturated rings. The van der Waals surface area contributed by atoms with Gasteiger partial charge in [-0.05, 0) is 31.6 Å². The standard InChI is InChI=1S/C18H31N5O2/c1-3-24-13-7-18(5-6-18)15-20-17(19-2)23-10-8-22(9-11-23)14-16-4-12-25-21-16/h4,12H,3,5-11,13-15H2,1-2H3,(H,19,20). The van der Waals surface area contributed by atoms with Crippen LogP contribution in [0.2, 0.25) is 0 Å². The summed E-state index contributed by atoms with van der Waals surface area (Å²) in [7, 11) is 1.88. The van der Waals surface area contributed by atoms with Crippen LogP contribution in [0, 0.1) is 5.41 Å². The van der Waals surface area contributed by atoms with Crippen molar-refractivity contribution in [3.63, 3.8) is 0 Å². The van der Waals surface area contributed by atoms with Crippen LogP contribution in [0.4, 0.5) is 0 Å². The zero-order valence-electron chi connectivity index (χ0n) is 15.5. The van der Waals surface area contributed by atoms with Gasteiger partial charge in [0.05, 0.1) is 5.69 Å². The summed E-state index contributed by atoms with van der Waals surface area (Å²) in [5, 5.41) is 7.60. The van der Waals surface area contributed by atoms with Gasteiger partial charge in [0.25, 0.3) is 0 Å². The quantitative estimate of drug-likeness (QED) is 0.437. The molecule has 0 amide bonds. The van der Waals surface area contributed by atoms with E-state index in [0.29, 0.717) is 5.41 Å². The van der Waals surface area contributed by atoms with Crippen LogP contribution < -0.4 is 5.32 Å². The lowest BCUT2D eigenvalue weighted by atomic mass is 10.0. The highest BCUT2D eigenvalue weighted by atomic mass is 16.5. The van der Waals surface area contributed by atoms with Gasteiger partial charge in [0, 0.05) is 65.6 Å². The van der Waals surface area contributed by atoms with E-state index in [9.17, 15) is 0 Å². The molecule has 3 rings (SSSR count). The topological polar surface area (TPSA) is 66.1 Å². The van der Waals surface area contributed by atoms with E-state index in [2.05, 4.69) is 32.2 Å². The minimum atomic E-state index is 0.430. The maximum absolute atomic E-state index is 5.53. The molecule has 1 aromatic heterocycles. The van der Waals surface area contributed by atoms with Crippen molar-refractivity contribution < 1.29 is 9.26 Å². The predicted octanol–water partition coefficient (Wildman–Crippen LogP) is 1.57. The monoisotopic (exact) mass is 349 g/mol. The first-order valence-corrected chi connectivity index (χ1v) is 9.40. The third kappa shape index (κ3) is 5.19. The second-order valence-electron chi connectivity index (χ2n) is 7.10. The van der Waals surface area contributed by atoms with Gasteiger partial charge in [0.2, 0.25) is 0 Å². The van der Waals surface area contributed by atoms with Crippen molar-refractivity contribution in [1.82, 2.24) is 20.3 Å². The Balaban J connectivity index is 1.40. The molecule has 0 spiro atoms. The van der Waals surface area contributed by atoms with Crippen molar-refractivity contribution in [3.8, 4) is 0 Å². The van der Waals surface area contributed by atoms with Gasteiger partial charge in [0.15, 0.2) is 5.96 Å². The number of aliphatic imine (C=N–C) groups is 1. The molecule has 0 aromatic carbocycles. The fourth-order valence-electron chi connectivity index (χ4n) is 3.39. The Morgan fingerprint density at radius 2 is 2.16 bits per heavy atom. The zero-order chi connectivity index (χ0) is 17.5. The third-order valence-electron chi connectivity index (χ3n) is 5.32. The van der Waals surface area contributed by atoms with Crippen LogP contribution in [-0.2, 0) is 11.3 Å². The molecule has 2 heterocycles. The summed E-state index contributed by atoms with van der Waals surface area (Å²) in [6, 6.07) is 1.93. The van der Waals surface area contributed by atoms with E-state index in [1.807, 2.05) is 13.1 Å². The molecule has 7 heteroatoms. The first-order valence-electron chi connectivity index (χ1n) is 9.40. The molecule has 25 heavy (non-hydrogen) atoms. The number of rotatable bonds is 8. The van der Waals surface area contributed by atoms with Crippen LogP contribution >= 0.6 is 0 Å². The van der Waals surface area contributed by atoms with E-state index >= 15 is 0 Å². The van der Waals surface area contributed by atoms with E-state index in [4.69, 9.17) is 9.26 Å². The van der Waals surface area contributed by atoms with Crippen molar-refractivity contribution >= 4 is 5.96 Å². The fraction of sp³-hybridized carbons (Fsp3) is 0.778. The van der Waals surface area contributed by atoms with Crippen molar-refractivity contribution in [3.05, 3.63) is 18.0 Å². The summed E-state index contributed by atoms with van der Waals surface area (Å²) < 4.78 is 10.4. The minimum Gasteiger partial charge on any atom is -0.382 e.